The van der Waals surface area contributed by atoms with E-state index in [2.05, 4.69) is 24.3 Å². The Kier molecular flexibility index (Phi) is 5.39. The third-order valence-corrected chi connectivity index (χ3v) is 4.60. The van der Waals surface area contributed by atoms with E-state index in [9.17, 15) is 4.79 Å². The molecule has 0 aliphatic heterocycles. The zero-order chi connectivity index (χ0) is 15.3. The van der Waals surface area contributed by atoms with Gasteiger partial charge in [0.2, 0.25) is 5.91 Å². The van der Waals surface area contributed by atoms with Crippen LogP contribution in [0.1, 0.15) is 76.2 Å². The molecule has 0 bridgehead atoms. The van der Waals surface area contributed by atoms with Gasteiger partial charge in [-0.05, 0) is 25.7 Å². The van der Waals surface area contributed by atoms with Crippen molar-refractivity contribution in [1.82, 2.24) is 10.5 Å². The SMILES string of the molecule is CCC(CC)c1cc(CNC(=O)C2(N)CCCCC2)on1. The lowest BCUT2D eigenvalue weighted by atomic mass is 9.82. The molecule has 0 radical (unpaired) electrons. The van der Waals surface area contributed by atoms with Crippen molar-refractivity contribution >= 4 is 5.91 Å². The van der Waals surface area contributed by atoms with E-state index in [1.165, 1.54) is 6.42 Å². The van der Waals surface area contributed by atoms with E-state index >= 15 is 0 Å². The summed E-state index contributed by atoms with van der Waals surface area (Å²) in [5.41, 5.74) is 6.48. The summed E-state index contributed by atoms with van der Waals surface area (Å²) >= 11 is 0. The second-order valence-corrected chi connectivity index (χ2v) is 6.13. The maximum Gasteiger partial charge on any atom is 0.240 e. The Morgan fingerprint density at radius 3 is 2.67 bits per heavy atom. The average Bonchev–Trinajstić information content (AvgIpc) is 2.95. The zero-order valence-electron chi connectivity index (χ0n) is 13.2. The van der Waals surface area contributed by atoms with Gasteiger partial charge in [0.05, 0.1) is 17.8 Å². The summed E-state index contributed by atoms with van der Waals surface area (Å²) in [6.45, 7) is 4.65. The molecule has 5 heteroatoms. The van der Waals surface area contributed by atoms with Crippen LogP contribution < -0.4 is 11.1 Å². The summed E-state index contributed by atoms with van der Waals surface area (Å²) in [5, 5.41) is 7.01. The van der Waals surface area contributed by atoms with Crippen LogP contribution in [0.25, 0.3) is 0 Å². The smallest absolute Gasteiger partial charge is 0.240 e. The number of carbonyl (C=O) groups excluding carboxylic acids is 1. The molecule has 1 amide bonds. The van der Waals surface area contributed by atoms with E-state index in [1.54, 1.807) is 0 Å². The number of carbonyl (C=O) groups is 1. The Bertz CT molecular complexity index is 460. The predicted octanol–water partition coefficient (Wildman–Crippen LogP) is 2.86. The maximum absolute atomic E-state index is 12.2. The number of nitrogens with one attached hydrogen (secondary N) is 1. The first-order valence-electron chi connectivity index (χ1n) is 8.11. The first kappa shape index (κ1) is 16.0. The van der Waals surface area contributed by atoms with Gasteiger partial charge in [-0.1, -0.05) is 38.3 Å². The van der Waals surface area contributed by atoms with Gasteiger partial charge in [0.1, 0.15) is 0 Å². The number of aromatic nitrogens is 1. The van der Waals surface area contributed by atoms with Gasteiger partial charge >= 0.3 is 0 Å². The van der Waals surface area contributed by atoms with Crippen LogP contribution in [0, 0.1) is 0 Å². The van der Waals surface area contributed by atoms with E-state index in [4.69, 9.17) is 10.3 Å². The van der Waals surface area contributed by atoms with Gasteiger partial charge in [-0.15, -0.1) is 0 Å². The molecule has 0 spiro atoms. The molecule has 1 saturated carbocycles. The molecule has 1 aliphatic carbocycles. The highest BCUT2D eigenvalue weighted by Crippen LogP contribution is 2.26. The topological polar surface area (TPSA) is 81.2 Å². The van der Waals surface area contributed by atoms with Gasteiger partial charge in [0.15, 0.2) is 5.76 Å². The summed E-state index contributed by atoms with van der Waals surface area (Å²) in [5.74, 6) is 1.06. The van der Waals surface area contributed by atoms with Crippen molar-refractivity contribution < 1.29 is 9.32 Å². The summed E-state index contributed by atoms with van der Waals surface area (Å²) < 4.78 is 5.31. The normalized spacial score (nSPS) is 17.9. The van der Waals surface area contributed by atoms with Crippen LogP contribution in [-0.2, 0) is 11.3 Å². The molecule has 118 valence electrons. The molecule has 3 N–H and O–H groups in total. The monoisotopic (exact) mass is 293 g/mol. The Hall–Kier alpha value is -1.36. The molecular formula is C16H27N3O2. The highest BCUT2D eigenvalue weighted by Gasteiger charge is 2.35. The van der Waals surface area contributed by atoms with E-state index in [1.807, 2.05) is 6.07 Å². The Labute approximate surface area is 126 Å². The number of hydrogen-bond acceptors (Lipinski definition) is 4. The van der Waals surface area contributed by atoms with Crippen molar-refractivity contribution in [1.29, 1.82) is 0 Å². The summed E-state index contributed by atoms with van der Waals surface area (Å²) in [6, 6.07) is 1.95. The summed E-state index contributed by atoms with van der Waals surface area (Å²) in [4.78, 5) is 12.2. The molecular weight excluding hydrogens is 266 g/mol. The van der Waals surface area contributed by atoms with Crippen molar-refractivity contribution in [2.75, 3.05) is 0 Å². The van der Waals surface area contributed by atoms with Gasteiger partial charge in [0.25, 0.3) is 0 Å². The summed E-state index contributed by atoms with van der Waals surface area (Å²) in [6.07, 6.45) is 6.87. The van der Waals surface area contributed by atoms with Crippen LogP contribution in [0.3, 0.4) is 0 Å². The van der Waals surface area contributed by atoms with Gasteiger partial charge in [0, 0.05) is 12.0 Å². The fourth-order valence-electron chi connectivity index (χ4n) is 3.06. The number of nitrogens with two attached hydrogens (primary N) is 1. The van der Waals surface area contributed by atoms with Crippen LogP contribution in [0.15, 0.2) is 10.6 Å². The second kappa shape index (κ2) is 7.07. The van der Waals surface area contributed by atoms with Crippen molar-refractivity contribution in [3.05, 3.63) is 17.5 Å². The van der Waals surface area contributed by atoms with E-state index in [0.29, 0.717) is 18.2 Å². The van der Waals surface area contributed by atoms with Crippen molar-refractivity contribution in [3.63, 3.8) is 0 Å². The minimum Gasteiger partial charge on any atom is -0.359 e. The van der Waals surface area contributed by atoms with Gasteiger partial charge in [-0.3, -0.25) is 4.79 Å². The highest BCUT2D eigenvalue weighted by atomic mass is 16.5. The highest BCUT2D eigenvalue weighted by molar-refractivity contribution is 5.86. The second-order valence-electron chi connectivity index (χ2n) is 6.13. The molecule has 1 aliphatic rings. The van der Waals surface area contributed by atoms with Gasteiger partial charge in [-0.25, -0.2) is 0 Å². The lowest BCUT2D eigenvalue weighted by Gasteiger charge is -2.31. The molecule has 0 unspecified atom stereocenters. The molecule has 1 fully saturated rings. The minimum atomic E-state index is -0.698. The Morgan fingerprint density at radius 1 is 1.38 bits per heavy atom. The quantitative estimate of drug-likeness (QED) is 0.845. The zero-order valence-corrected chi connectivity index (χ0v) is 13.2. The van der Waals surface area contributed by atoms with E-state index < -0.39 is 5.54 Å². The Balaban J connectivity index is 1.89. The largest absolute Gasteiger partial charge is 0.359 e. The average molecular weight is 293 g/mol. The number of amides is 1. The lowest BCUT2D eigenvalue weighted by Crippen LogP contribution is -2.54. The third kappa shape index (κ3) is 3.84. The molecule has 1 heterocycles. The molecule has 1 aromatic rings. The lowest BCUT2D eigenvalue weighted by molar-refractivity contribution is -0.127. The maximum atomic E-state index is 12.2. The van der Waals surface area contributed by atoms with Gasteiger partial charge in [-0.2, -0.15) is 0 Å². The molecule has 0 atom stereocenters. The third-order valence-electron chi connectivity index (χ3n) is 4.60. The van der Waals surface area contributed by atoms with Crippen LogP contribution >= 0.6 is 0 Å². The first-order chi connectivity index (χ1) is 10.1. The number of hydrogen-bond donors (Lipinski definition) is 2. The minimum absolute atomic E-state index is 0.0670. The van der Waals surface area contributed by atoms with Crippen molar-refractivity contribution in [3.8, 4) is 0 Å². The first-order valence-corrected chi connectivity index (χ1v) is 8.11. The van der Waals surface area contributed by atoms with Crippen LogP contribution in [0.5, 0.6) is 0 Å². The van der Waals surface area contributed by atoms with Crippen LogP contribution in [0.4, 0.5) is 0 Å². The number of rotatable bonds is 6. The van der Waals surface area contributed by atoms with Gasteiger partial charge < -0.3 is 15.6 Å². The van der Waals surface area contributed by atoms with Crippen molar-refractivity contribution in [2.45, 2.75) is 76.8 Å². The molecule has 0 aromatic carbocycles. The summed E-state index contributed by atoms with van der Waals surface area (Å²) in [7, 11) is 0. The molecule has 5 nitrogen and oxygen atoms in total. The Morgan fingerprint density at radius 2 is 2.05 bits per heavy atom. The fraction of sp³-hybridized carbons (Fsp3) is 0.750. The predicted molar refractivity (Wildman–Crippen MR) is 81.7 cm³/mol. The van der Waals surface area contributed by atoms with E-state index in [-0.39, 0.29) is 5.91 Å². The fourth-order valence-corrected chi connectivity index (χ4v) is 3.06. The standard InChI is InChI=1S/C16H27N3O2/c1-3-12(4-2)14-10-13(21-19-14)11-18-15(20)16(17)8-6-5-7-9-16/h10,12H,3-9,11,17H2,1-2H3,(H,18,20). The molecule has 2 rings (SSSR count). The van der Waals surface area contributed by atoms with E-state index in [0.717, 1.165) is 44.2 Å². The number of nitrogens with zero attached hydrogens (tertiary/aromatic N) is 1. The molecule has 0 saturated heterocycles. The molecule has 1 aromatic heterocycles. The van der Waals surface area contributed by atoms with Crippen molar-refractivity contribution in [2.24, 2.45) is 5.73 Å². The molecule has 21 heavy (non-hydrogen) atoms. The van der Waals surface area contributed by atoms with Crippen LogP contribution in [-0.4, -0.2) is 16.6 Å². The van der Waals surface area contributed by atoms with Crippen LogP contribution in [0.2, 0.25) is 0 Å².